The Morgan fingerprint density at radius 2 is 1.96 bits per heavy atom. The molecule has 2 rings (SSSR count). The summed E-state index contributed by atoms with van der Waals surface area (Å²) in [6, 6.07) is 8.38. The molecule has 23 heavy (non-hydrogen) atoms. The first-order valence-corrected chi connectivity index (χ1v) is 8.65. The summed E-state index contributed by atoms with van der Waals surface area (Å²) in [4.78, 5) is 7.74. The van der Waals surface area contributed by atoms with Gasteiger partial charge >= 0.3 is 0 Å². The van der Waals surface area contributed by atoms with E-state index in [1.54, 1.807) is 7.11 Å². The van der Waals surface area contributed by atoms with E-state index in [2.05, 4.69) is 36.3 Å². The Hall–Kier alpha value is -1.55. The van der Waals surface area contributed by atoms with Gasteiger partial charge in [0.1, 0.15) is 12.4 Å². The smallest absolute Gasteiger partial charge is 0.118 e. The van der Waals surface area contributed by atoms with Crippen LogP contribution in [0.4, 0.5) is 0 Å². The first kappa shape index (κ1) is 17.8. The lowest BCUT2D eigenvalue weighted by molar-refractivity contribution is 0.132. The first-order chi connectivity index (χ1) is 11.2. The summed E-state index contributed by atoms with van der Waals surface area (Å²) in [5.41, 5.74) is 2.59. The highest BCUT2D eigenvalue weighted by atomic mass is 16.6. The van der Waals surface area contributed by atoms with Crippen LogP contribution < -0.4 is 4.74 Å². The van der Waals surface area contributed by atoms with Crippen LogP contribution >= 0.6 is 0 Å². The Morgan fingerprint density at radius 3 is 2.65 bits per heavy atom. The predicted molar refractivity (Wildman–Crippen MR) is 95.2 cm³/mol. The Balaban J connectivity index is 1.86. The molecule has 0 heterocycles. The van der Waals surface area contributed by atoms with E-state index in [0.29, 0.717) is 12.5 Å². The predicted octanol–water partition coefficient (Wildman–Crippen LogP) is 3.75. The van der Waals surface area contributed by atoms with Crippen LogP contribution in [0.25, 0.3) is 0 Å². The summed E-state index contributed by atoms with van der Waals surface area (Å²) in [5.74, 6) is 1.43. The van der Waals surface area contributed by atoms with Gasteiger partial charge in [0.2, 0.25) is 0 Å². The summed E-state index contributed by atoms with van der Waals surface area (Å²) in [6.45, 7) is 1.75. The molecule has 0 saturated heterocycles. The van der Waals surface area contributed by atoms with Gasteiger partial charge in [0.05, 0.1) is 12.8 Å². The van der Waals surface area contributed by atoms with Crippen LogP contribution in [0.15, 0.2) is 29.4 Å². The second kappa shape index (κ2) is 9.56. The molecule has 0 spiro atoms. The number of benzene rings is 1. The quantitative estimate of drug-likeness (QED) is 0.541. The lowest BCUT2D eigenvalue weighted by atomic mass is 9.83. The average molecular weight is 318 g/mol. The Kier molecular flexibility index (Phi) is 7.40. The van der Waals surface area contributed by atoms with E-state index in [1.807, 2.05) is 12.1 Å². The summed E-state index contributed by atoms with van der Waals surface area (Å²) >= 11 is 0. The minimum absolute atomic E-state index is 0.519. The number of rotatable bonds is 8. The van der Waals surface area contributed by atoms with Crippen LogP contribution in [-0.2, 0) is 11.3 Å². The van der Waals surface area contributed by atoms with E-state index in [-0.39, 0.29) is 0 Å². The maximum Gasteiger partial charge on any atom is 0.118 e. The first-order valence-electron chi connectivity index (χ1n) is 8.65. The van der Waals surface area contributed by atoms with Gasteiger partial charge in [0.15, 0.2) is 0 Å². The van der Waals surface area contributed by atoms with E-state index in [4.69, 9.17) is 9.57 Å². The molecule has 128 valence electrons. The molecule has 1 fully saturated rings. The monoisotopic (exact) mass is 318 g/mol. The zero-order valence-electron chi connectivity index (χ0n) is 14.8. The van der Waals surface area contributed by atoms with Crippen molar-refractivity contribution in [3.63, 3.8) is 0 Å². The van der Waals surface area contributed by atoms with Crippen LogP contribution in [0, 0.1) is 5.92 Å². The van der Waals surface area contributed by atoms with Crippen molar-refractivity contribution in [2.24, 2.45) is 11.1 Å². The van der Waals surface area contributed by atoms with Gasteiger partial charge in [-0.25, -0.2) is 0 Å². The third-order valence-corrected chi connectivity index (χ3v) is 4.37. The fraction of sp³-hybridized carbons (Fsp3) is 0.632. The average Bonchev–Trinajstić information content (AvgIpc) is 2.56. The van der Waals surface area contributed by atoms with Gasteiger partial charge in [-0.3, -0.25) is 0 Å². The van der Waals surface area contributed by atoms with E-state index >= 15 is 0 Å². The van der Waals surface area contributed by atoms with Crippen molar-refractivity contribution < 1.29 is 9.57 Å². The SMILES string of the molecule is COc1ccc(CC2CCCCC2=NOCCCN(C)C)cc1. The molecule has 1 saturated carbocycles. The second-order valence-electron chi connectivity index (χ2n) is 6.57. The van der Waals surface area contributed by atoms with E-state index in [0.717, 1.165) is 31.6 Å². The Morgan fingerprint density at radius 1 is 1.17 bits per heavy atom. The van der Waals surface area contributed by atoms with Crippen LogP contribution in [0.1, 0.15) is 37.7 Å². The van der Waals surface area contributed by atoms with Gasteiger partial charge in [0, 0.05) is 12.5 Å². The summed E-state index contributed by atoms with van der Waals surface area (Å²) in [7, 11) is 5.87. The van der Waals surface area contributed by atoms with Gasteiger partial charge in [-0.2, -0.15) is 0 Å². The zero-order chi connectivity index (χ0) is 16.5. The molecular weight excluding hydrogens is 288 g/mol. The minimum atomic E-state index is 0.519. The minimum Gasteiger partial charge on any atom is -0.497 e. The number of oxime groups is 1. The van der Waals surface area contributed by atoms with Crippen molar-refractivity contribution in [2.75, 3.05) is 34.4 Å². The summed E-state index contributed by atoms with van der Waals surface area (Å²) in [6.07, 6.45) is 6.89. The molecule has 0 aromatic heterocycles. The molecule has 1 atom stereocenters. The standard InChI is InChI=1S/C19H30N2O2/c1-21(2)13-6-14-23-20-19-8-5-4-7-17(19)15-16-9-11-18(22-3)12-10-16/h9-12,17H,4-8,13-15H2,1-3H3. The molecule has 0 N–H and O–H groups in total. The maximum atomic E-state index is 5.57. The lowest BCUT2D eigenvalue weighted by Gasteiger charge is -2.23. The number of methoxy groups -OCH3 is 1. The van der Waals surface area contributed by atoms with Crippen LogP contribution in [0.2, 0.25) is 0 Å². The van der Waals surface area contributed by atoms with Gasteiger partial charge in [0.25, 0.3) is 0 Å². The Bertz CT molecular complexity index is 483. The van der Waals surface area contributed by atoms with Gasteiger partial charge in [-0.1, -0.05) is 23.7 Å². The molecule has 4 nitrogen and oxygen atoms in total. The van der Waals surface area contributed by atoms with Gasteiger partial charge in [-0.05, 0) is 63.9 Å². The topological polar surface area (TPSA) is 34.1 Å². The summed E-state index contributed by atoms with van der Waals surface area (Å²) < 4.78 is 5.23. The van der Waals surface area contributed by atoms with Crippen molar-refractivity contribution in [2.45, 2.75) is 38.5 Å². The highest BCUT2D eigenvalue weighted by Gasteiger charge is 2.21. The van der Waals surface area contributed by atoms with Gasteiger partial charge in [-0.15, -0.1) is 0 Å². The Labute approximate surface area is 140 Å². The highest BCUT2D eigenvalue weighted by Crippen LogP contribution is 2.26. The molecule has 0 amide bonds. The van der Waals surface area contributed by atoms with E-state index in [9.17, 15) is 0 Å². The normalized spacial score (nSPS) is 20.0. The molecule has 1 unspecified atom stereocenters. The maximum absolute atomic E-state index is 5.57. The van der Waals surface area contributed by atoms with E-state index < -0.39 is 0 Å². The fourth-order valence-electron chi connectivity index (χ4n) is 3.03. The molecule has 4 heteroatoms. The molecule has 0 bridgehead atoms. The van der Waals surface area contributed by atoms with Crippen molar-refractivity contribution in [3.05, 3.63) is 29.8 Å². The lowest BCUT2D eigenvalue weighted by Crippen LogP contribution is -2.22. The van der Waals surface area contributed by atoms with E-state index in [1.165, 1.54) is 30.5 Å². The van der Waals surface area contributed by atoms with Crippen molar-refractivity contribution in [3.8, 4) is 5.75 Å². The van der Waals surface area contributed by atoms with Crippen molar-refractivity contribution >= 4 is 5.71 Å². The fourth-order valence-corrected chi connectivity index (χ4v) is 3.03. The molecule has 1 aromatic carbocycles. The van der Waals surface area contributed by atoms with Crippen LogP contribution in [-0.4, -0.2) is 45.0 Å². The van der Waals surface area contributed by atoms with Gasteiger partial charge < -0.3 is 14.5 Å². The second-order valence-corrected chi connectivity index (χ2v) is 6.57. The van der Waals surface area contributed by atoms with Crippen LogP contribution in [0.3, 0.4) is 0 Å². The van der Waals surface area contributed by atoms with Crippen molar-refractivity contribution in [1.82, 2.24) is 4.90 Å². The molecular formula is C19H30N2O2. The van der Waals surface area contributed by atoms with Crippen molar-refractivity contribution in [1.29, 1.82) is 0 Å². The number of ether oxygens (including phenoxy) is 1. The summed E-state index contributed by atoms with van der Waals surface area (Å²) in [5, 5.41) is 4.46. The molecule has 1 aromatic rings. The third-order valence-electron chi connectivity index (χ3n) is 4.37. The number of nitrogens with zero attached hydrogens (tertiary/aromatic N) is 2. The molecule has 1 aliphatic carbocycles. The molecule has 1 aliphatic rings. The highest BCUT2D eigenvalue weighted by molar-refractivity contribution is 5.87. The number of hydrogen-bond donors (Lipinski definition) is 0. The zero-order valence-corrected chi connectivity index (χ0v) is 14.8. The third kappa shape index (κ3) is 6.22. The molecule has 0 aliphatic heterocycles. The largest absolute Gasteiger partial charge is 0.497 e. The van der Waals surface area contributed by atoms with Crippen LogP contribution in [0.5, 0.6) is 5.75 Å². The number of hydrogen-bond acceptors (Lipinski definition) is 4. The molecule has 0 radical (unpaired) electrons.